The van der Waals surface area contributed by atoms with Crippen LogP contribution in [0.15, 0.2) is 0 Å². The molecule has 3 nitrogen and oxygen atoms in total. The fraction of sp³-hybridized carbons (Fsp3) is 1.00. The Labute approximate surface area is 108 Å². The van der Waals surface area contributed by atoms with Gasteiger partial charge < -0.3 is 9.63 Å². The van der Waals surface area contributed by atoms with Gasteiger partial charge in [0.05, 0.1) is 0 Å². The Hall–Kier alpha value is 0.0969. The van der Waals surface area contributed by atoms with Crippen LogP contribution >= 0.6 is 0 Å². The number of aliphatic hydroxyl groups is 1. The fourth-order valence-corrected chi connectivity index (χ4v) is 3.64. The summed E-state index contributed by atoms with van der Waals surface area (Å²) in [5, 5.41) is 11.4. The van der Waals surface area contributed by atoms with Gasteiger partial charge in [0.15, 0.2) is 9.04 Å². The molecule has 0 aliphatic carbocycles. The van der Waals surface area contributed by atoms with E-state index in [9.17, 15) is 5.11 Å². The smallest absolute Gasteiger partial charge is 0.199 e. The Morgan fingerprint density at radius 3 is 2.47 bits per heavy atom. The molecule has 0 radical (unpaired) electrons. The van der Waals surface area contributed by atoms with Crippen molar-refractivity contribution in [2.75, 3.05) is 19.7 Å². The Balaban J connectivity index is 2.63. The van der Waals surface area contributed by atoms with E-state index in [0.29, 0.717) is 23.9 Å². The van der Waals surface area contributed by atoms with Gasteiger partial charge in [0, 0.05) is 19.7 Å². The summed E-state index contributed by atoms with van der Waals surface area (Å²) in [5.41, 5.74) is 0.292. The normalized spacial score (nSPS) is 27.7. The molecule has 1 saturated heterocycles. The number of rotatable bonds is 4. The topological polar surface area (TPSA) is 32.7 Å². The summed E-state index contributed by atoms with van der Waals surface area (Å²) in [5.74, 6) is 1.27. The molecule has 1 N–H and O–H groups in total. The van der Waals surface area contributed by atoms with Gasteiger partial charge in [-0.2, -0.15) is 0 Å². The average molecular weight is 259 g/mol. The number of hydroxylamine groups is 2. The van der Waals surface area contributed by atoms with Crippen LogP contribution in [-0.4, -0.2) is 38.9 Å². The first-order valence-electron chi connectivity index (χ1n) is 6.87. The summed E-state index contributed by atoms with van der Waals surface area (Å²) in [6.45, 7) is 13.7. The van der Waals surface area contributed by atoms with E-state index in [-0.39, 0.29) is 0 Å². The number of nitrogens with zero attached hydrogens (tertiary/aromatic N) is 1. The second kappa shape index (κ2) is 6.32. The Morgan fingerprint density at radius 2 is 2.00 bits per heavy atom. The zero-order valence-corrected chi connectivity index (χ0v) is 13.2. The van der Waals surface area contributed by atoms with Gasteiger partial charge in [-0.3, -0.25) is 0 Å². The molecule has 1 rings (SSSR count). The minimum absolute atomic E-state index is 0.292. The summed E-state index contributed by atoms with van der Waals surface area (Å²) in [6, 6.07) is 0. The highest BCUT2D eigenvalue weighted by molar-refractivity contribution is 6.48. The summed E-state index contributed by atoms with van der Waals surface area (Å²) in [6.07, 6.45) is 2.10. The van der Waals surface area contributed by atoms with E-state index in [0.717, 1.165) is 25.9 Å². The number of piperidine rings is 1. The van der Waals surface area contributed by atoms with E-state index in [1.54, 1.807) is 0 Å². The Bertz CT molecular complexity index is 228. The van der Waals surface area contributed by atoms with Crippen LogP contribution in [0, 0.1) is 17.3 Å². The highest BCUT2D eigenvalue weighted by atomic mass is 28.3. The van der Waals surface area contributed by atoms with E-state index in [1.807, 2.05) is 0 Å². The Morgan fingerprint density at radius 1 is 1.35 bits per heavy atom. The molecule has 2 atom stereocenters. The van der Waals surface area contributed by atoms with Crippen molar-refractivity contribution in [1.82, 2.24) is 5.06 Å². The van der Waals surface area contributed by atoms with Gasteiger partial charge in [0.2, 0.25) is 0 Å². The highest BCUT2D eigenvalue weighted by Crippen LogP contribution is 2.39. The van der Waals surface area contributed by atoms with Crippen LogP contribution in [0.3, 0.4) is 0 Å². The van der Waals surface area contributed by atoms with E-state index >= 15 is 0 Å². The first-order valence-corrected chi connectivity index (χ1v) is 9.65. The highest BCUT2D eigenvalue weighted by Gasteiger charge is 2.37. The van der Waals surface area contributed by atoms with Gasteiger partial charge in [0.1, 0.15) is 0 Å². The lowest BCUT2D eigenvalue weighted by Gasteiger charge is -2.45. The van der Waals surface area contributed by atoms with Crippen molar-refractivity contribution < 1.29 is 9.63 Å². The lowest BCUT2D eigenvalue weighted by atomic mass is 9.69. The van der Waals surface area contributed by atoms with Crippen molar-refractivity contribution in [1.29, 1.82) is 0 Å². The zero-order valence-electron chi connectivity index (χ0n) is 12.1. The maximum Gasteiger partial charge on any atom is 0.199 e. The molecule has 0 bridgehead atoms. The molecule has 0 aromatic carbocycles. The minimum atomic E-state index is -0.985. The van der Waals surface area contributed by atoms with Gasteiger partial charge in [0.25, 0.3) is 0 Å². The van der Waals surface area contributed by atoms with Crippen LogP contribution in [0.4, 0.5) is 0 Å². The third kappa shape index (κ3) is 4.70. The number of aliphatic hydroxyl groups excluding tert-OH is 1. The monoisotopic (exact) mass is 259 g/mol. The van der Waals surface area contributed by atoms with Crippen LogP contribution in [0.25, 0.3) is 0 Å². The first-order chi connectivity index (χ1) is 7.84. The molecule has 1 fully saturated rings. The molecule has 102 valence electrons. The van der Waals surface area contributed by atoms with Crippen molar-refractivity contribution in [3.8, 4) is 0 Å². The summed E-state index contributed by atoms with van der Waals surface area (Å²) < 4.78 is 5.95. The maximum absolute atomic E-state index is 9.18. The third-order valence-corrected chi connectivity index (χ3v) is 4.41. The summed E-state index contributed by atoms with van der Waals surface area (Å²) in [7, 11) is -0.985. The number of hydrogen-bond acceptors (Lipinski definition) is 3. The lowest BCUT2D eigenvalue weighted by Crippen LogP contribution is -2.47. The number of hydrogen-bond donors (Lipinski definition) is 1. The molecule has 1 aliphatic rings. The van der Waals surface area contributed by atoms with E-state index in [2.05, 4.69) is 38.9 Å². The van der Waals surface area contributed by atoms with E-state index in [4.69, 9.17) is 4.53 Å². The fourth-order valence-electron chi connectivity index (χ4n) is 2.86. The van der Waals surface area contributed by atoms with Crippen LogP contribution in [0.5, 0.6) is 0 Å². The molecule has 1 aliphatic heterocycles. The average Bonchev–Trinajstić information content (AvgIpc) is 2.18. The van der Waals surface area contributed by atoms with Gasteiger partial charge in [-0.15, -0.1) is 0 Å². The molecule has 0 spiro atoms. The molecule has 0 amide bonds. The van der Waals surface area contributed by atoms with Crippen LogP contribution in [0.2, 0.25) is 13.1 Å². The van der Waals surface area contributed by atoms with E-state index in [1.165, 1.54) is 0 Å². The second-order valence-electron chi connectivity index (χ2n) is 6.58. The minimum Gasteiger partial charge on any atom is -0.396 e. The van der Waals surface area contributed by atoms with Crippen molar-refractivity contribution >= 4 is 9.04 Å². The van der Waals surface area contributed by atoms with Crippen molar-refractivity contribution in [2.45, 2.75) is 46.7 Å². The van der Waals surface area contributed by atoms with Gasteiger partial charge >= 0.3 is 0 Å². The molecule has 0 aromatic heterocycles. The largest absolute Gasteiger partial charge is 0.396 e. The van der Waals surface area contributed by atoms with Crippen LogP contribution in [0.1, 0.15) is 33.6 Å². The molecular formula is C13H29NO2Si. The molecule has 0 saturated carbocycles. The standard InChI is InChI=1S/C13H29NO2Si/c1-13(2,3)12-10-14(16-17(4)5)8-6-11(12)7-9-15/h11-12,15,17H,6-10H2,1-5H3/t11-,12+/m0/s1. The maximum atomic E-state index is 9.18. The van der Waals surface area contributed by atoms with Crippen molar-refractivity contribution in [3.05, 3.63) is 0 Å². The van der Waals surface area contributed by atoms with E-state index < -0.39 is 9.04 Å². The zero-order chi connectivity index (χ0) is 13.1. The van der Waals surface area contributed by atoms with Crippen molar-refractivity contribution in [2.24, 2.45) is 17.3 Å². The molecule has 17 heavy (non-hydrogen) atoms. The molecule has 1 heterocycles. The third-order valence-electron chi connectivity index (χ3n) is 3.69. The van der Waals surface area contributed by atoms with Crippen LogP contribution < -0.4 is 0 Å². The molecule has 0 unspecified atom stereocenters. The molecule has 4 heteroatoms. The van der Waals surface area contributed by atoms with Crippen molar-refractivity contribution in [3.63, 3.8) is 0 Å². The predicted molar refractivity (Wildman–Crippen MR) is 74.3 cm³/mol. The summed E-state index contributed by atoms with van der Waals surface area (Å²) >= 11 is 0. The predicted octanol–water partition coefficient (Wildman–Crippen LogP) is 2.27. The molecular weight excluding hydrogens is 230 g/mol. The van der Waals surface area contributed by atoms with Gasteiger partial charge in [-0.1, -0.05) is 20.8 Å². The van der Waals surface area contributed by atoms with Gasteiger partial charge in [-0.25, -0.2) is 5.06 Å². The van der Waals surface area contributed by atoms with Crippen LogP contribution in [-0.2, 0) is 4.53 Å². The SMILES string of the molecule is C[SiH](C)ON1CC[C@@H](CCO)[C@H](C(C)(C)C)C1. The lowest BCUT2D eigenvalue weighted by molar-refractivity contribution is -0.124. The quantitative estimate of drug-likeness (QED) is 0.786. The second-order valence-corrected chi connectivity index (χ2v) is 8.88. The first kappa shape index (κ1) is 15.2. The summed E-state index contributed by atoms with van der Waals surface area (Å²) in [4.78, 5) is 0. The van der Waals surface area contributed by atoms with Gasteiger partial charge in [-0.05, 0) is 43.2 Å². The Kier molecular flexibility index (Phi) is 5.63. The molecule has 0 aromatic rings.